The second kappa shape index (κ2) is 31.0. The third-order valence-corrected chi connectivity index (χ3v) is 0. The van der Waals surface area contributed by atoms with Crippen molar-refractivity contribution in [1.82, 2.24) is 4.90 Å². The van der Waals surface area contributed by atoms with Crippen molar-refractivity contribution in [3.63, 3.8) is 0 Å². The van der Waals surface area contributed by atoms with E-state index in [9.17, 15) is 0 Å². The van der Waals surface area contributed by atoms with Gasteiger partial charge in [-0.25, -0.2) is 0 Å². The molecule has 0 fully saturated rings. The van der Waals surface area contributed by atoms with Crippen molar-refractivity contribution >= 4 is 91.8 Å². The van der Waals surface area contributed by atoms with Gasteiger partial charge in [0.2, 0.25) is 0 Å². The van der Waals surface area contributed by atoms with Crippen molar-refractivity contribution < 1.29 is 0 Å². The monoisotopic (exact) mass is 501 g/mol. The maximum absolute atomic E-state index is 2.00. The second-order valence-electron chi connectivity index (χ2n) is 1.34. The summed E-state index contributed by atoms with van der Waals surface area (Å²) in [6.07, 6.45) is 0. The summed E-state index contributed by atoms with van der Waals surface area (Å²) in [5, 5.41) is 0. The zero-order valence-electron chi connectivity index (χ0n) is 5.79. The number of nitrogens with zero attached hydrogens (tertiary/aromatic N) is 1. The first-order valence-electron chi connectivity index (χ1n) is 1.34. The SMILES string of the molecule is Br.Br.Br.Br.CN(C)C.[SnH2]. The van der Waals surface area contributed by atoms with E-state index in [2.05, 4.69) is 0 Å². The Morgan fingerprint density at radius 2 is 0.667 bits per heavy atom. The Hall–Kier alpha value is 2.68. The molecule has 0 bridgehead atoms. The summed E-state index contributed by atoms with van der Waals surface area (Å²) in [4.78, 5) is 2.00. The van der Waals surface area contributed by atoms with Crippen molar-refractivity contribution in [3.8, 4) is 0 Å². The van der Waals surface area contributed by atoms with Crippen LogP contribution in [0.15, 0.2) is 0 Å². The van der Waals surface area contributed by atoms with E-state index in [1.54, 1.807) is 0 Å². The fourth-order valence-corrected chi connectivity index (χ4v) is 0. The summed E-state index contributed by atoms with van der Waals surface area (Å²) >= 11 is 0. The molecule has 0 aromatic heterocycles. The zero-order valence-corrected chi connectivity index (χ0v) is 16.7. The van der Waals surface area contributed by atoms with Crippen LogP contribution >= 0.6 is 67.9 Å². The van der Waals surface area contributed by atoms with Crippen molar-refractivity contribution in [2.24, 2.45) is 0 Å². The Bertz CT molecular complexity index is 20.5. The Kier molecular flexibility index (Phi) is 142. The molecule has 0 heterocycles. The van der Waals surface area contributed by atoms with Crippen LogP contribution in [0.25, 0.3) is 0 Å². The first-order valence-corrected chi connectivity index (χ1v) is 1.34. The molecule has 0 aliphatic rings. The number of halogens is 4. The van der Waals surface area contributed by atoms with Gasteiger partial charge in [-0.2, -0.15) is 0 Å². The number of hydrogen-bond acceptors (Lipinski definition) is 1. The van der Waals surface area contributed by atoms with Crippen LogP contribution < -0.4 is 0 Å². The molecule has 0 N–H and O–H groups in total. The Labute approximate surface area is 116 Å². The molecule has 64 valence electrons. The van der Waals surface area contributed by atoms with E-state index in [0.29, 0.717) is 0 Å². The molecular formula is C3H15Br4NSn. The minimum absolute atomic E-state index is 0. The van der Waals surface area contributed by atoms with Gasteiger partial charge in [0, 0.05) is 0 Å². The molecule has 0 spiro atoms. The van der Waals surface area contributed by atoms with Gasteiger partial charge in [-0.15, -0.1) is 67.9 Å². The van der Waals surface area contributed by atoms with Gasteiger partial charge in [0.1, 0.15) is 0 Å². The second-order valence-corrected chi connectivity index (χ2v) is 1.34. The zero-order chi connectivity index (χ0) is 3.58. The maximum atomic E-state index is 2.00. The van der Waals surface area contributed by atoms with Crippen LogP contribution in [0.1, 0.15) is 0 Å². The summed E-state index contributed by atoms with van der Waals surface area (Å²) in [7, 11) is 6.00. The van der Waals surface area contributed by atoms with Gasteiger partial charge in [-0.05, 0) is 21.1 Å². The Morgan fingerprint density at radius 1 is 0.667 bits per heavy atom. The van der Waals surface area contributed by atoms with Crippen LogP contribution in [0.5, 0.6) is 0 Å². The average Bonchev–Trinajstić information content (AvgIpc) is 0.811. The molecule has 0 aromatic carbocycles. The van der Waals surface area contributed by atoms with Gasteiger partial charge in [0.15, 0.2) is 0 Å². The van der Waals surface area contributed by atoms with Crippen molar-refractivity contribution in [1.29, 1.82) is 0 Å². The standard InChI is InChI=1S/C3H9N.4BrH.Sn.2H/c1-4(2)3;;;;;;;/h1-3H3;4*1H;;;. The van der Waals surface area contributed by atoms with Crippen LogP contribution in [0.2, 0.25) is 0 Å². The first kappa shape index (κ1) is 41.3. The fourth-order valence-electron chi connectivity index (χ4n) is 0. The Morgan fingerprint density at radius 3 is 0.667 bits per heavy atom. The van der Waals surface area contributed by atoms with Crippen LogP contribution in [0.3, 0.4) is 0 Å². The molecule has 2 radical (unpaired) electrons. The Balaban J connectivity index is -0.00000000450. The number of hydrogen-bond donors (Lipinski definition) is 0. The summed E-state index contributed by atoms with van der Waals surface area (Å²) in [6.45, 7) is 0. The van der Waals surface area contributed by atoms with Gasteiger partial charge < -0.3 is 4.90 Å². The van der Waals surface area contributed by atoms with E-state index in [1.165, 1.54) is 0 Å². The van der Waals surface area contributed by atoms with Gasteiger partial charge in [-0.1, -0.05) is 0 Å². The van der Waals surface area contributed by atoms with Gasteiger partial charge in [-0.3, -0.25) is 0 Å². The molecule has 0 amide bonds. The number of rotatable bonds is 0. The molecular weight excluding hydrogens is 488 g/mol. The molecule has 0 unspecified atom stereocenters. The molecule has 9 heavy (non-hydrogen) atoms. The van der Waals surface area contributed by atoms with Crippen LogP contribution in [-0.2, 0) is 0 Å². The molecule has 0 aliphatic carbocycles. The van der Waals surface area contributed by atoms with Gasteiger partial charge >= 0.3 is 23.9 Å². The fraction of sp³-hybridized carbons (Fsp3) is 1.00. The predicted molar refractivity (Wildman–Crippen MR) is 69.4 cm³/mol. The van der Waals surface area contributed by atoms with Gasteiger partial charge in [0.05, 0.1) is 0 Å². The normalized spacial score (nSPS) is 4.00. The average molecular weight is 503 g/mol. The topological polar surface area (TPSA) is 3.24 Å². The first-order chi connectivity index (χ1) is 1.73. The molecule has 0 saturated carbocycles. The molecule has 1 nitrogen and oxygen atoms in total. The molecule has 0 aromatic rings. The summed E-state index contributed by atoms with van der Waals surface area (Å²) < 4.78 is 0. The summed E-state index contributed by atoms with van der Waals surface area (Å²) in [5.74, 6) is 0. The van der Waals surface area contributed by atoms with E-state index in [0.717, 1.165) is 0 Å². The van der Waals surface area contributed by atoms with Crippen molar-refractivity contribution in [2.75, 3.05) is 21.1 Å². The predicted octanol–water partition coefficient (Wildman–Crippen LogP) is 1.57. The van der Waals surface area contributed by atoms with E-state index < -0.39 is 0 Å². The van der Waals surface area contributed by atoms with E-state index in [1.807, 2.05) is 26.0 Å². The van der Waals surface area contributed by atoms with E-state index >= 15 is 0 Å². The van der Waals surface area contributed by atoms with E-state index in [-0.39, 0.29) is 91.8 Å². The van der Waals surface area contributed by atoms with Crippen LogP contribution in [-0.4, -0.2) is 50.0 Å². The summed E-state index contributed by atoms with van der Waals surface area (Å²) in [6, 6.07) is 0. The molecule has 0 atom stereocenters. The molecule has 6 heteroatoms. The third-order valence-electron chi connectivity index (χ3n) is 0. The third kappa shape index (κ3) is 112. The molecule has 0 saturated heterocycles. The molecule has 0 rings (SSSR count). The van der Waals surface area contributed by atoms with Gasteiger partial charge in [0.25, 0.3) is 0 Å². The van der Waals surface area contributed by atoms with Crippen molar-refractivity contribution in [2.45, 2.75) is 0 Å². The quantitative estimate of drug-likeness (QED) is 0.454. The summed E-state index contributed by atoms with van der Waals surface area (Å²) in [5.41, 5.74) is 0. The van der Waals surface area contributed by atoms with E-state index in [4.69, 9.17) is 0 Å². The minimum atomic E-state index is 0. The molecule has 0 aliphatic heterocycles. The van der Waals surface area contributed by atoms with Crippen molar-refractivity contribution in [3.05, 3.63) is 0 Å². The van der Waals surface area contributed by atoms with Crippen LogP contribution in [0.4, 0.5) is 0 Å². The van der Waals surface area contributed by atoms with Crippen LogP contribution in [0, 0.1) is 0 Å².